The van der Waals surface area contributed by atoms with Gasteiger partial charge in [0.15, 0.2) is 0 Å². The molecule has 47 heavy (non-hydrogen) atoms. The Kier molecular flexibility index (Phi) is 14.1. The van der Waals surface area contributed by atoms with Crippen LogP contribution in [0.25, 0.3) is 22.5 Å². The number of halogens is 1. The van der Waals surface area contributed by atoms with Gasteiger partial charge in [-0.3, -0.25) is 4.79 Å². The van der Waals surface area contributed by atoms with E-state index in [0.29, 0.717) is 28.9 Å². The molecule has 0 radical (unpaired) electrons. The number of benzene rings is 3. The van der Waals surface area contributed by atoms with Gasteiger partial charge in [-0.25, -0.2) is 0 Å². The second-order valence-electron chi connectivity index (χ2n) is 12.1. The van der Waals surface area contributed by atoms with Crippen molar-refractivity contribution in [1.82, 2.24) is 5.32 Å². The first-order valence-electron chi connectivity index (χ1n) is 16.0. The van der Waals surface area contributed by atoms with Gasteiger partial charge in [0, 0.05) is 16.1 Å². The van der Waals surface area contributed by atoms with Gasteiger partial charge in [-0.05, 0) is 108 Å². The minimum atomic E-state index is -1.29. The Bertz CT molecular complexity index is 1620. The number of amides is 1. The minimum Gasteiger partial charge on any atom is -0.548 e. The van der Waals surface area contributed by atoms with E-state index in [0.717, 1.165) is 45.8 Å². The molecule has 1 aromatic heterocycles. The molecule has 242 valence electrons. The van der Waals surface area contributed by atoms with Gasteiger partial charge in [0.2, 0.25) is 0 Å². The van der Waals surface area contributed by atoms with Crippen molar-refractivity contribution < 1.29 is 42.7 Å². The first-order valence-corrected chi connectivity index (χ1v) is 17.8. The van der Waals surface area contributed by atoms with E-state index in [1.807, 2.05) is 86.0 Å². The van der Waals surface area contributed by atoms with Crippen LogP contribution in [-0.2, 0) is 16.1 Å². The summed E-state index contributed by atoms with van der Waals surface area (Å²) >= 11 is 7.63. The van der Waals surface area contributed by atoms with Crippen LogP contribution < -0.4 is 29.3 Å². The van der Waals surface area contributed by atoms with Crippen molar-refractivity contribution in [3.05, 3.63) is 106 Å². The van der Waals surface area contributed by atoms with Gasteiger partial charge >= 0.3 is 18.9 Å². The zero-order valence-electron chi connectivity index (χ0n) is 27.4. The minimum absolute atomic E-state index is 0. The van der Waals surface area contributed by atoms with Crippen molar-refractivity contribution >= 4 is 35.2 Å². The van der Waals surface area contributed by atoms with Crippen molar-refractivity contribution in [2.24, 2.45) is 5.92 Å². The SMILES string of the molecule is CSCC[C@H](NC(=O)c1ccc(COC(CC2CCCCC2)c2ccc(-c3ccc(Cl)cc3)o2)cc1-c1ccccc1C)C(=O)[O-].[Li+]. The number of ether oxygens (including phenoxy) is 1. The van der Waals surface area contributed by atoms with E-state index in [2.05, 4.69) is 5.32 Å². The van der Waals surface area contributed by atoms with Gasteiger partial charge < -0.3 is 24.4 Å². The van der Waals surface area contributed by atoms with Crippen LogP contribution in [0.15, 0.2) is 83.3 Å². The van der Waals surface area contributed by atoms with E-state index in [4.69, 9.17) is 20.8 Å². The number of thioether (sulfide) groups is 1. The van der Waals surface area contributed by atoms with Crippen LogP contribution >= 0.6 is 23.4 Å². The molecule has 0 saturated heterocycles. The number of hydrogen-bond donors (Lipinski definition) is 1. The van der Waals surface area contributed by atoms with Gasteiger partial charge in [0.25, 0.3) is 5.91 Å². The molecular formula is C38H41ClLiNO5S. The average Bonchev–Trinajstić information content (AvgIpc) is 3.56. The maximum Gasteiger partial charge on any atom is 1.00 e. The zero-order valence-corrected chi connectivity index (χ0v) is 29.0. The number of carbonyl (C=O) groups is 2. The van der Waals surface area contributed by atoms with E-state index in [9.17, 15) is 14.7 Å². The van der Waals surface area contributed by atoms with Crippen LogP contribution in [0.4, 0.5) is 0 Å². The number of aliphatic carboxylic acids is 1. The summed E-state index contributed by atoms with van der Waals surface area (Å²) in [5.74, 6) is 1.00. The van der Waals surface area contributed by atoms with Crippen molar-refractivity contribution in [3.63, 3.8) is 0 Å². The zero-order chi connectivity index (χ0) is 32.5. The molecule has 1 fully saturated rings. The fraction of sp³-hybridized carbons (Fsp3) is 0.368. The van der Waals surface area contributed by atoms with Crippen molar-refractivity contribution in [2.45, 2.75) is 70.6 Å². The Morgan fingerprint density at radius 3 is 2.45 bits per heavy atom. The smallest absolute Gasteiger partial charge is 0.548 e. The molecule has 5 rings (SSSR count). The molecule has 4 aromatic rings. The number of carboxylic acids is 1. The predicted octanol–water partition coefficient (Wildman–Crippen LogP) is 5.41. The number of furan rings is 1. The third-order valence-electron chi connectivity index (χ3n) is 8.76. The number of carbonyl (C=O) groups excluding carboxylic acids is 2. The second-order valence-corrected chi connectivity index (χ2v) is 13.5. The van der Waals surface area contributed by atoms with Crippen molar-refractivity contribution in [1.29, 1.82) is 0 Å². The van der Waals surface area contributed by atoms with Gasteiger partial charge in [-0.2, -0.15) is 11.8 Å². The molecule has 1 aliphatic rings. The molecule has 1 unspecified atom stereocenters. The van der Waals surface area contributed by atoms with Crippen LogP contribution in [0.1, 0.15) is 78.3 Å². The van der Waals surface area contributed by atoms with E-state index < -0.39 is 17.9 Å². The van der Waals surface area contributed by atoms with E-state index in [1.54, 1.807) is 6.07 Å². The first-order chi connectivity index (χ1) is 22.3. The molecule has 0 aliphatic heterocycles. The molecule has 0 spiro atoms. The summed E-state index contributed by atoms with van der Waals surface area (Å²) in [5, 5.41) is 15.1. The molecule has 2 atom stereocenters. The summed E-state index contributed by atoms with van der Waals surface area (Å²) < 4.78 is 13.0. The Hall–Kier alpha value is -2.92. The Labute approximate surface area is 299 Å². The normalized spacial score (nSPS) is 14.6. The number of hydrogen-bond acceptors (Lipinski definition) is 6. The molecule has 0 bridgehead atoms. The quantitative estimate of drug-likeness (QED) is 0.181. The Balaban J connectivity index is 0.00000500. The van der Waals surface area contributed by atoms with Crippen LogP contribution in [0.5, 0.6) is 0 Å². The largest absolute Gasteiger partial charge is 1.00 e. The van der Waals surface area contributed by atoms with Crippen LogP contribution in [-0.4, -0.2) is 29.9 Å². The molecule has 1 amide bonds. The van der Waals surface area contributed by atoms with Crippen molar-refractivity contribution in [2.75, 3.05) is 12.0 Å². The monoisotopic (exact) mass is 665 g/mol. The fourth-order valence-electron chi connectivity index (χ4n) is 6.18. The maximum absolute atomic E-state index is 13.5. The topological polar surface area (TPSA) is 91.6 Å². The van der Waals surface area contributed by atoms with Gasteiger partial charge in [-0.15, -0.1) is 0 Å². The van der Waals surface area contributed by atoms with E-state index >= 15 is 0 Å². The molecule has 1 saturated carbocycles. The summed E-state index contributed by atoms with van der Waals surface area (Å²) in [4.78, 5) is 25.3. The summed E-state index contributed by atoms with van der Waals surface area (Å²) in [5.41, 5.74) is 4.91. The molecule has 1 aliphatic carbocycles. The van der Waals surface area contributed by atoms with Gasteiger partial charge in [0.1, 0.15) is 17.6 Å². The molecule has 9 heteroatoms. The predicted molar refractivity (Wildman–Crippen MR) is 184 cm³/mol. The summed E-state index contributed by atoms with van der Waals surface area (Å²) in [6, 6.07) is 24.0. The van der Waals surface area contributed by atoms with Crippen LogP contribution in [0.3, 0.4) is 0 Å². The molecule has 1 heterocycles. The summed E-state index contributed by atoms with van der Waals surface area (Å²) in [6.45, 7) is 2.32. The number of nitrogens with one attached hydrogen (secondary N) is 1. The van der Waals surface area contributed by atoms with E-state index in [-0.39, 0.29) is 31.4 Å². The van der Waals surface area contributed by atoms with Crippen LogP contribution in [0, 0.1) is 12.8 Å². The van der Waals surface area contributed by atoms with Gasteiger partial charge in [-0.1, -0.05) is 74.0 Å². The molecule has 3 aromatic carbocycles. The third-order valence-corrected chi connectivity index (χ3v) is 9.66. The number of rotatable bonds is 14. The first kappa shape index (κ1) is 36.9. The average molecular weight is 666 g/mol. The second kappa shape index (κ2) is 18.0. The number of aryl methyl sites for hydroxylation is 1. The third kappa shape index (κ3) is 10.0. The maximum atomic E-state index is 13.5. The Morgan fingerprint density at radius 1 is 1.00 bits per heavy atom. The number of carboxylic acid groups (broad SMARTS) is 1. The van der Waals surface area contributed by atoms with E-state index in [1.165, 1.54) is 43.9 Å². The van der Waals surface area contributed by atoms with Crippen LogP contribution in [0.2, 0.25) is 5.02 Å². The Morgan fingerprint density at radius 2 is 1.74 bits per heavy atom. The fourth-order valence-corrected chi connectivity index (χ4v) is 6.78. The molecular weight excluding hydrogens is 625 g/mol. The summed E-state index contributed by atoms with van der Waals surface area (Å²) in [6.07, 6.45) is 8.98. The summed E-state index contributed by atoms with van der Waals surface area (Å²) in [7, 11) is 0. The van der Waals surface area contributed by atoms with Gasteiger partial charge in [0.05, 0.1) is 18.6 Å². The molecule has 1 N–H and O–H groups in total. The van der Waals surface area contributed by atoms with Crippen molar-refractivity contribution in [3.8, 4) is 22.5 Å². The standard InChI is InChI=1S/C38H42ClNO5S.Li/c1-25-8-6-7-11-30(25)32-22-27(12-17-31(32)37(41)40-33(38(42)43)20-21-46-2)24-44-36(23-26-9-4-3-5-10-26)35-19-18-34(45-35)28-13-15-29(39)16-14-28;/h6-8,11-19,22,26,33,36H,3-5,9-10,20-21,23-24H2,1-2H3,(H,40,41)(H,42,43);/q;+1/p-1/t33-,36?;/m0./s1. The molecule has 6 nitrogen and oxygen atoms in total.